The number of anilines is 2. The molecule has 3 rings (SSSR count). The Bertz CT molecular complexity index is 905. The van der Waals surface area contributed by atoms with Gasteiger partial charge in [0.1, 0.15) is 23.7 Å². The molecular formula is C21H25N5O3. The molecule has 0 radical (unpaired) electrons. The Labute approximate surface area is 169 Å². The third-order valence-corrected chi connectivity index (χ3v) is 4.35. The molecule has 2 heterocycles. The maximum atomic E-state index is 9.38. The van der Waals surface area contributed by atoms with E-state index in [1.54, 1.807) is 19.4 Å². The van der Waals surface area contributed by atoms with Gasteiger partial charge < -0.3 is 25.6 Å². The maximum Gasteiger partial charge on any atom is 0.129 e. The SMILES string of the molecule is COc1ccccc1CCNc1cc(-c2ccc(NCC(O)CO)nc2)ncn1. The van der Waals surface area contributed by atoms with E-state index in [1.807, 2.05) is 36.4 Å². The van der Waals surface area contributed by atoms with Crippen LogP contribution >= 0.6 is 0 Å². The second-order valence-electron chi connectivity index (χ2n) is 6.43. The van der Waals surface area contributed by atoms with E-state index in [0.29, 0.717) is 12.4 Å². The van der Waals surface area contributed by atoms with Gasteiger partial charge in [0.15, 0.2) is 0 Å². The average molecular weight is 395 g/mol. The minimum absolute atomic E-state index is 0.233. The Morgan fingerprint density at radius 2 is 1.90 bits per heavy atom. The van der Waals surface area contributed by atoms with Crippen molar-refractivity contribution in [2.45, 2.75) is 12.5 Å². The van der Waals surface area contributed by atoms with Gasteiger partial charge in [0, 0.05) is 30.9 Å². The van der Waals surface area contributed by atoms with E-state index in [1.165, 1.54) is 6.33 Å². The summed E-state index contributed by atoms with van der Waals surface area (Å²) in [6.07, 6.45) is 3.22. The zero-order chi connectivity index (χ0) is 20.5. The van der Waals surface area contributed by atoms with E-state index in [-0.39, 0.29) is 13.2 Å². The monoisotopic (exact) mass is 395 g/mol. The van der Waals surface area contributed by atoms with Crippen LogP contribution in [0.2, 0.25) is 0 Å². The van der Waals surface area contributed by atoms with Crippen LogP contribution in [0.4, 0.5) is 11.6 Å². The molecule has 4 N–H and O–H groups in total. The lowest BCUT2D eigenvalue weighted by atomic mass is 10.1. The van der Waals surface area contributed by atoms with Gasteiger partial charge in [0.05, 0.1) is 25.5 Å². The fraction of sp³-hybridized carbons (Fsp3) is 0.286. The summed E-state index contributed by atoms with van der Waals surface area (Å²) in [7, 11) is 1.67. The summed E-state index contributed by atoms with van der Waals surface area (Å²) in [6, 6.07) is 13.5. The van der Waals surface area contributed by atoms with E-state index in [4.69, 9.17) is 9.84 Å². The molecule has 0 saturated heterocycles. The van der Waals surface area contributed by atoms with E-state index in [9.17, 15) is 5.11 Å². The molecule has 3 aromatic rings. The summed E-state index contributed by atoms with van der Waals surface area (Å²) in [5, 5.41) is 24.5. The first-order valence-corrected chi connectivity index (χ1v) is 9.36. The van der Waals surface area contributed by atoms with Crippen LogP contribution in [0.3, 0.4) is 0 Å². The number of para-hydroxylation sites is 1. The van der Waals surface area contributed by atoms with Gasteiger partial charge in [-0.15, -0.1) is 0 Å². The predicted molar refractivity (Wildman–Crippen MR) is 112 cm³/mol. The summed E-state index contributed by atoms with van der Waals surface area (Å²) >= 11 is 0. The second-order valence-corrected chi connectivity index (χ2v) is 6.43. The molecule has 0 aliphatic carbocycles. The van der Waals surface area contributed by atoms with Crippen molar-refractivity contribution in [3.63, 3.8) is 0 Å². The quantitative estimate of drug-likeness (QED) is 0.412. The van der Waals surface area contributed by atoms with E-state index >= 15 is 0 Å². The van der Waals surface area contributed by atoms with Gasteiger partial charge in [-0.2, -0.15) is 0 Å². The summed E-state index contributed by atoms with van der Waals surface area (Å²) < 4.78 is 5.38. The number of aliphatic hydroxyl groups excluding tert-OH is 2. The molecule has 0 spiro atoms. The van der Waals surface area contributed by atoms with Gasteiger partial charge in [-0.1, -0.05) is 18.2 Å². The van der Waals surface area contributed by atoms with Crippen molar-refractivity contribution in [1.29, 1.82) is 0 Å². The minimum Gasteiger partial charge on any atom is -0.496 e. The van der Waals surface area contributed by atoms with Crippen LogP contribution in [0.15, 0.2) is 55.0 Å². The largest absolute Gasteiger partial charge is 0.496 e. The Morgan fingerprint density at radius 3 is 2.66 bits per heavy atom. The average Bonchev–Trinajstić information content (AvgIpc) is 2.78. The van der Waals surface area contributed by atoms with Crippen LogP contribution in [-0.2, 0) is 6.42 Å². The van der Waals surface area contributed by atoms with Crippen molar-refractivity contribution in [3.05, 3.63) is 60.6 Å². The number of benzene rings is 1. The highest BCUT2D eigenvalue weighted by atomic mass is 16.5. The Hall–Kier alpha value is -3.23. The predicted octanol–water partition coefficient (Wildman–Crippen LogP) is 1.97. The number of methoxy groups -OCH3 is 1. The van der Waals surface area contributed by atoms with Crippen molar-refractivity contribution < 1.29 is 14.9 Å². The Morgan fingerprint density at radius 1 is 1.03 bits per heavy atom. The first-order chi connectivity index (χ1) is 14.2. The number of pyridine rings is 1. The van der Waals surface area contributed by atoms with Gasteiger partial charge in [-0.05, 0) is 30.2 Å². The topological polar surface area (TPSA) is 112 Å². The number of aromatic nitrogens is 3. The summed E-state index contributed by atoms with van der Waals surface area (Å²) in [5.74, 6) is 2.23. The Balaban J connectivity index is 1.59. The first kappa shape index (κ1) is 20.5. The van der Waals surface area contributed by atoms with Gasteiger partial charge in [-0.3, -0.25) is 0 Å². The highest BCUT2D eigenvalue weighted by Gasteiger charge is 2.06. The third-order valence-electron chi connectivity index (χ3n) is 4.35. The Kier molecular flexibility index (Phi) is 7.32. The van der Waals surface area contributed by atoms with Gasteiger partial charge >= 0.3 is 0 Å². The fourth-order valence-corrected chi connectivity index (χ4v) is 2.78. The molecule has 152 valence electrons. The molecule has 0 bridgehead atoms. The maximum absolute atomic E-state index is 9.38. The first-order valence-electron chi connectivity index (χ1n) is 9.36. The van der Waals surface area contributed by atoms with Crippen LogP contribution in [0, 0.1) is 0 Å². The molecule has 1 unspecified atom stereocenters. The molecule has 0 aliphatic heterocycles. The number of hydrogen-bond acceptors (Lipinski definition) is 8. The lowest BCUT2D eigenvalue weighted by Gasteiger charge is -2.11. The van der Waals surface area contributed by atoms with Crippen molar-refractivity contribution in [3.8, 4) is 17.0 Å². The zero-order valence-corrected chi connectivity index (χ0v) is 16.2. The molecule has 1 atom stereocenters. The summed E-state index contributed by atoms with van der Waals surface area (Å²) in [6.45, 7) is 0.653. The van der Waals surface area contributed by atoms with Crippen molar-refractivity contribution >= 4 is 11.6 Å². The molecule has 0 amide bonds. The van der Waals surface area contributed by atoms with Gasteiger partial charge in [0.25, 0.3) is 0 Å². The molecular weight excluding hydrogens is 370 g/mol. The fourth-order valence-electron chi connectivity index (χ4n) is 2.78. The highest BCUT2D eigenvalue weighted by Crippen LogP contribution is 2.20. The number of aliphatic hydroxyl groups is 2. The zero-order valence-electron chi connectivity index (χ0n) is 16.2. The second kappa shape index (κ2) is 10.4. The van der Waals surface area contributed by atoms with Crippen molar-refractivity contribution in [2.24, 2.45) is 0 Å². The van der Waals surface area contributed by atoms with Crippen molar-refractivity contribution in [2.75, 3.05) is 37.4 Å². The lowest BCUT2D eigenvalue weighted by Crippen LogP contribution is -2.23. The lowest BCUT2D eigenvalue weighted by molar-refractivity contribution is 0.105. The van der Waals surface area contributed by atoms with Crippen molar-refractivity contribution in [1.82, 2.24) is 15.0 Å². The number of rotatable bonds is 10. The van der Waals surface area contributed by atoms with E-state index in [2.05, 4.69) is 25.6 Å². The van der Waals surface area contributed by atoms with E-state index < -0.39 is 6.10 Å². The molecule has 0 aliphatic rings. The van der Waals surface area contributed by atoms with Crippen LogP contribution in [0.5, 0.6) is 5.75 Å². The van der Waals surface area contributed by atoms with Gasteiger partial charge in [-0.25, -0.2) is 15.0 Å². The number of nitrogens with one attached hydrogen (secondary N) is 2. The molecule has 1 aromatic carbocycles. The van der Waals surface area contributed by atoms with Crippen LogP contribution < -0.4 is 15.4 Å². The smallest absolute Gasteiger partial charge is 0.129 e. The molecule has 0 saturated carbocycles. The molecule has 8 nitrogen and oxygen atoms in total. The molecule has 0 fully saturated rings. The third kappa shape index (κ3) is 5.87. The standard InChI is InChI=1S/C21H25N5O3/c1-29-19-5-3-2-4-15(19)8-9-22-21-10-18(25-14-26-21)16-6-7-20(23-11-16)24-12-17(28)13-27/h2-7,10-11,14,17,27-28H,8-9,12-13H2,1H3,(H,23,24)(H,22,25,26). The van der Waals surface area contributed by atoms with Crippen LogP contribution in [-0.4, -0.2) is 58.1 Å². The molecule has 29 heavy (non-hydrogen) atoms. The number of ether oxygens (including phenoxy) is 1. The normalized spacial score (nSPS) is 11.7. The molecule has 8 heteroatoms. The van der Waals surface area contributed by atoms with Crippen LogP contribution in [0.1, 0.15) is 5.56 Å². The van der Waals surface area contributed by atoms with E-state index in [0.717, 1.165) is 34.8 Å². The minimum atomic E-state index is -0.817. The van der Waals surface area contributed by atoms with Crippen LogP contribution in [0.25, 0.3) is 11.3 Å². The molecule has 2 aromatic heterocycles. The summed E-state index contributed by atoms with van der Waals surface area (Å²) in [5.41, 5.74) is 2.75. The van der Waals surface area contributed by atoms with Gasteiger partial charge in [0.2, 0.25) is 0 Å². The number of hydrogen-bond donors (Lipinski definition) is 4. The summed E-state index contributed by atoms with van der Waals surface area (Å²) in [4.78, 5) is 12.9. The highest BCUT2D eigenvalue weighted by molar-refractivity contribution is 5.62. The number of nitrogens with zero attached hydrogens (tertiary/aromatic N) is 3.